The van der Waals surface area contributed by atoms with Crippen molar-refractivity contribution in [1.82, 2.24) is 0 Å². The molecule has 0 bridgehead atoms. The van der Waals surface area contributed by atoms with Crippen molar-refractivity contribution in [2.75, 3.05) is 0 Å². The highest BCUT2D eigenvalue weighted by atomic mass is 16.3. The van der Waals surface area contributed by atoms with Crippen LogP contribution in [0.25, 0.3) is 0 Å². The van der Waals surface area contributed by atoms with Crippen molar-refractivity contribution in [2.45, 2.75) is 58.0 Å². The number of Topliss-reactive ketones (excluding diaryl/α,β-unsaturated/α-hetero) is 1. The van der Waals surface area contributed by atoms with Gasteiger partial charge >= 0.3 is 0 Å². The predicted octanol–water partition coefficient (Wildman–Crippen LogP) is 2.30. The molecule has 0 aromatic rings. The zero-order valence-corrected chi connectivity index (χ0v) is 8.68. The van der Waals surface area contributed by atoms with Crippen LogP contribution in [0, 0.1) is 5.92 Å². The van der Waals surface area contributed by atoms with Crippen molar-refractivity contribution in [3.05, 3.63) is 0 Å². The second-order valence-electron chi connectivity index (χ2n) is 4.76. The maximum absolute atomic E-state index is 11.6. The fourth-order valence-corrected chi connectivity index (χ4v) is 1.88. The quantitative estimate of drug-likeness (QED) is 0.728. The lowest BCUT2D eigenvalue weighted by Gasteiger charge is -2.17. The van der Waals surface area contributed by atoms with E-state index in [0.29, 0.717) is 24.5 Å². The largest absolute Gasteiger partial charge is 0.390 e. The number of carbonyl (C=O) groups excluding carboxylic acids is 1. The maximum Gasteiger partial charge on any atom is 0.136 e. The van der Waals surface area contributed by atoms with Crippen molar-refractivity contribution >= 4 is 5.78 Å². The van der Waals surface area contributed by atoms with Gasteiger partial charge < -0.3 is 5.11 Å². The summed E-state index contributed by atoms with van der Waals surface area (Å²) >= 11 is 0. The Morgan fingerprint density at radius 2 is 1.92 bits per heavy atom. The molecule has 0 aliphatic heterocycles. The zero-order valence-electron chi connectivity index (χ0n) is 8.68. The van der Waals surface area contributed by atoms with Crippen molar-refractivity contribution in [2.24, 2.45) is 5.92 Å². The molecule has 0 atom stereocenters. The van der Waals surface area contributed by atoms with Gasteiger partial charge in [0, 0.05) is 12.3 Å². The average molecular weight is 184 g/mol. The van der Waals surface area contributed by atoms with Crippen LogP contribution in [0.1, 0.15) is 52.4 Å². The lowest BCUT2D eigenvalue weighted by molar-refractivity contribution is -0.123. The first-order chi connectivity index (χ1) is 5.99. The lowest BCUT2D eigenvalue weighted by Crippen LogP contribution is -2.21. The Morgan fingerprint density at radius 1 is 1.38 bits per heavy atom. The standard InChI is InChI=1S/C11H20O2/c1-11(2,13)8-7-10(12)9-5-3-4-6-9/h9,13H,3-8H2,1-2H3. The van der Waals surface area contributed by atoms with Gasteiger partial charge in [-0.3, -0.25) is 4.79 Å². The molecule has 2 heteroatoms. The first-order valence-corrected chi connectivity index (χ1v) is 5.24. The fraction of sp³-hybridized carbons (Fsp3) is 0.909. The fourth-order valence-electron chi connectivity index (χ4n) is 1.88. The summed E-state index contributed by atoms with van der Waals surface area (Å²) in [5, 5.41) is 9.46. The van der Waals surface area contributed by atoms with E-state index in [0.717, 1.165) is 12.8 Å². The van der Waals surface area contributed by atoms with Gasteiger partial charge in [-0.25, -0.2) is 0 Å². The highest BCUT2D eigenvalue weighted by Gasteiger charge is 2.24. The Kier molecular flexibility index (Phi) is 3.48. The van der Waals surface area contributed by atoms with Gasteiger partial charge in [0.25, 0.3) is 0 Å². The minimum absolute atomic E-state index is 0.308. The normalized spacial score (nSPS) is 19.3. The second-order valence-corrected chi connectivity index (χ2v) is 4.76. The van der Waals surface area contributed by atoms with E-state index in [1.165, 1.54) is 12.8 Å². The molecular weight excluding hydrogens is 164 g/mol. The number of ketones is 1. The monoisotopic (exact) mass is 184 g/mol. The number of rotatable bonds is 4. The van der Waals surface area contributed by atoms with Gasteiger partial charge in [-0.2, -0.15) is 0 Å². The van der Waals surface area contributed by atoms with Crippen molar-refractivity contribution in [1.29, 1.82) is 0 Å². The zero-order chi connectivity index (χ0) is 9.90. The minimum Gasteiger partial charge on any atom is -0.390 e. The van der Waals surface area contributed by atoms with E-state index in [1.54, 1.807) is 13.8 Å². The molecule has 0 amide bonds. The van der Waals surface area contributed by atoms with Gasteiger partial charge in [0.2, 0.25) is 0 Å². The molecule has 1 rings (SSSR count). The van der Waals surface area contributed by atoms with E-state index in [-0.39, 0.29) is 0 Å². The van der Waals surface area contributed by atoms with Gasteiger partial charge in [-0.05, 0) is 33.1 Å². The predicted molar refractivity (Wildman–Crippen MR) is 52.5 cm³/mol. The molecule has 0 heterocycles. The molecular formula is C11H20O2. The molecule has 13 heavy (non-hydrogen) atoms. The Labute approximate surface area is 80.3 Å². The Balaban J connectivity index is 2.25. The molecule has 1 aliphatic carbocycles. The van der Waals surface area contributed by atoms with E-state index in [1.807, 2.05) is 0 Å². The Morgan fingerprint density at radius 3 is 2.38 bits per heavy atom. The number of hydrogen-bond acceptors (Lipinski definition) is 2. The summed E-state index contributed by atoms with van der Waals surface area (Å²) in [6.07, 6.45) is 5.71. The topological polar surface area (TPSA) is 37.3 Å². The summed E-state index contributed by atoms with van der Waals surface area (Å²) in [4.78, 5) is 11.6. The number of carbonyl (C=O) groups is 1. The van der Waals surface area contributed by atoms with Crippen molar-refractivity contribution in [3.63, 3.8) is 0 Å². The van der Waals surface area contributed by atoms with Crippen LogP contribution in [-0.2, 0) is 4.79 Å². The number of hydrogen-bond donors (Lipinski definition) is 1. The Bertz CT molecular complexity index is 173. The van der Waals surface area contributed by atoms with E-state index >= 15 is 0 Å². The van der Waals surface area contributed by atoms with Gasteiger partial charge in [-0.1, -0.05) is 12.8 Å². The van der Waals surface area contributed by atoms with Crippen LogP contribution in [0.5, 0.6) is 0 Å². The molecule has 0 radical (unpaired) electrons. The lowest BCUT2D eigenvalue weighted by atomic mass is 9.94. The van der Waals surface area contributed by atoms with Crippen LogP contribution in [-0.4, -0.2) is 16.5 Å². The van der Waals surface area contributed by atoms with Gasteiger partial charge in [0.05, 0.1) is 5.60 Å². The third-order valence-corrected chi connectivity index (χ3v) is 2.79. The second kappa shape index (κ2) is 4.23. The van der Waals surface area contributed by atoms with Crippen LogP contribution in [0.15, 0.2) is 0 Å². The molecule has 2 nitrogen and oxygen atoms in total. The highest BCUT2D eigenvalue weighted by Crippen LogP contribution is 2.27. The van der Waals surface area contributed by atoms with Crippen LogP contribution in [0.2, 0.25) is 0 Å². The molecule has 1 N–H and O–H groups in total. The third-order valence-electron chi connectivity index (χ3n) is 2.79. The summed E-state index contributed by atoms with van der Waals surface area (Å²) < 4.78 is 0. The third kappa shape index (κ3) is 3.90. The molecule has 0 unspecified atom stereocenters. The van der Waals surface area contributed by atoms with E-state index in [9.17, 15) is 9.90 Å². The van der Waals surface area contributed by atoms with Gasteiger partial charge in [0.15, 0.2) is 0 Å². The van der Waals surface area contributed by atoms with E-state index < -0.39 is 5.60 Å². The Hall–Kier alpha value is -0.370. The highest BCUT2D eigenvalue weighted by molar-refractivity contribution is 5.81. The molecule has 0 saturated heterocycles. The van der Waals surface area contributed by atoms with Crippen LogP contribution >= 0.6 is 0 Å². The SMILES string of the molecule is CC(C)(O)CCC(=O)C1CCCC1. The van der Waals surface area contributed by atoms with E-state index in [4.69, 9.17) is 0 Å². The summed E-state index contributed by atoms with van der Waals surface area (Å²) in [5.41, 5.74) is -0.686. The summed E-state index contributed by atoms with van der Waals surface area (Å²) in [6.45, 7) is 3.52. The van der Waals surface area contributed by atoms with E-state index in [2.05, 4.69) is 0 Å². The molecule has 1 fully saturated rings. The minimum atomic E-state index is -0.686. The van der Waals surface area contributed by atoms with Crippen LogP contribution in [0.4, 0.5) is 0 Å². The average Bonchev–Trinajstić information content (AvgIpc) is 2.50. The molecule has 1 saturated carbocycles. The van der Waals surface area contributed by atoms with Gasteiger partial charge in [0.1, 0.15) is 5.78 Å². The molecule has 1 aliphatic rings. The summed E-state index contributed by atoms with van der Waals surface area (Å²) in [5.74, 6) is 0.668. The first-order valence-electron chi connectivity index (χ1n) is 5.24. The maximum atomic E-state index is 11.6. The molecule has 0 aromatic carbocycles. The molecule has 0 aromatic heterocycles. The summed E-state index contributed by atoms with van der Waals surface area (Å²) in [6, 6.07) is 0. The van der Waals surface area contributed by atoms with Crippen LogP contribution in [0.3, 0.4) is 0 Å². The smallest absolute Gasteiger partial charge is 0.136 e. The van der Waals surface area contributed by atoms with Crippen molar-refractivity contribution in [3.8, 4) is 0 Å². The molecule has 76 valence electrons. The first kappa shape index (κ1) is 10.7. The van der Waals surface area contributed by atoms with Crippen molar-refractivity contribution < 1.29 is 9.90 Å². The van der Waals surface area contributed by atoms with Gasteiger partial charge in [-0.15, -0.1) is 0 Å². The molecule has 0 spiro atoms. The van der Waals surface area contributed by atoms with Crippen LogP contribution < -0.4 is 0 Å². The summed E-state index contributed by atoms with van der Waals surface area (Å²) in [7, 11) is 0. The number of aliphatic hydroxyl groups is 1.